The smallest absolute Gasteiger partial charge is 0.159 e. The zero-order valence-electron chi connectivity index (χ0n) is 17.7. The Morgan fingerprint density at radius 3 is 1.57 bits per heavy atom. The topological polar surface area (TPSA) is 25.8 Å². The van der Waals surface area contributed by atoms with Gasteiger partial charge in [0.1, 0.15) is 0 Å². The fourth-order valence-electron chi connectivity index (χ4n) is 5.41. The van der Waals surface area contributed by atoms with Gasteiger partial charge in [0.2, 0.25) is 0 Å². The molecule has 4 rings (SSSR count). The van der Waals surface area contributed by atoms with Crippen LogP contribution in [-0.2, 0) is 0 Å². The normalized spacial score (nSPS) is 28.2. The van der Waals surface area contributed by atoms with Gasteiger partial charge in [-0.2, -0.15) is 0 Å². The highest BCUT2D eigenvalue weighted by molar-refractivity contribution is 5.55. The summed E-state index contributed by atoms with van der Waals surface area (Å²) in [5.74, 6) is 4.18. The van der Waals surface area contributed by atoms with Crippen LogP contribution in [0, 0.1) is 11.8 Å². The van der Waals surface area contributed by atoms with Gasteiger partial charge in [0.25, 0.3) is 0 Å². The van der Waals surface area contributed by atoms with Crippen LogP contribution in [-0.4, -0.2) is 9.97 Å². The molecular weight excluding hydrogens is 340 g/mol. The minimum absolute atomic E-state index is 0.664. The Kier molecular flexibility index (Phi) is 6.44. The number of benzene rings is 1. The van der Waals surface area contributed by atoms with Gasteiger partial charge in [0.05, 0.1) is 0 Å². The van der Waals surface area contributed by atoms with E-state index in [1.807, 2.05) is 0 Å². The molecule has 0 atom stereocenters. The minimum atomic E-state index is 0.664. The van der Waals surface area contributed by atoms with Crippen LogP contribution < -0.4 is 0 Å². The van der Waals surface area contributed by atoms with E-state index in [1.165, 1.54) is 75.3 Å². The number of hydrogen-bond acceptors (Lipinski definition) is 2. The van der Waals surface area contributed by atoms with Crippen molar-refractivity contribution in [3.63, 3.8) is 0 Å². The van der Waals surface area contributed by atoms with Gasteiger partial charge in [-0.3, -0.25) is 0 Å². The van der Waals surface area contributed by atoms with E-state index in [-0.39, 0.29) is 0 Å². The maximum absolute atomic E-state index is 4.72. The van der Waals surface area contributed by atoms with Gasteiger partial charge < -0.3 is 0 Å². The van der Waals surface area contributed by atoms with E-state index in [2.05, 4.69) is 50.5 Å². The molecule has 0 amide bonds. The summed E-state index contributed by atoms with van der Waals surface area (Å²) in [6, 6.07) is 9.08. The molecule has 0 bridgehead atoms. The molecule has 0 saturated heterocycles. The summed E-state index contributed by atoms with van der Waals surface area (Å²) < 4.78 is 0. The number of rotatable bonds is 5. The molecule has 0 aliphatic heterocycles. The van der Waals surface area contributed by atoms with Gasteiger partial charge in [-0.15, -0.1) is 0 Å². The molecule has 150 valence electrons. The minimum Gasteiger partial charge on any atom is -0.236 e. The predicted molar refractivity (Wildman–Crippen MR) is 117 cm³/mol. The first-order valence-corrected chi connectivity index (χ1v) is 11.7. The summed E-state index contributed by atoms with van der Waals surface area (Å²) in [4.78, 5) is 9.43. The Bertz CT molecular complexity index is 653. The van der Waals surface area contributed by atoms with Crippen LogP contribution in [0.2, 0.25) is 0 Å². The average Bonchev–Trinajstić information content (AvgIpc) is 2.79. The molecule has 0 unspecified atom stereocenters. The first kappa shape index (κ1) is 19.6. The summed E-state index contributed by atoms with van der Waals surface area (Å²) in [6.45, 7) is 4.66. The first-order chi connectivity index (χ1) is 13.8. The fourth-order valence-corrected chi connectivity index (χ4v) is 5.41. The molecule has 1 heterocycles. The molecule has 2 aliphatic carbocycles. The Balaban J connectivity index is 1.38. The van der Waals surface area contributed by atoms with E-state index >= 15 is 0 Å². The van der Waals surface area contributed by atoms with Crippen molar-refractivity contribution in [1.29, 1.82) is 0 Å². The monoisotopic (exact) mass is 376 g/mol. The van der Waals surface area contributed by atoms with E-state index in [9.17, 15) is 0 Å². The molecule has 28 heavy (non-hydrogen) atoms. The molecule has 0 radical (unpaired) electrons. The highest BCUT2D eigenvalue weighted by atomic mass is 14.9. The van der Waals surface area contributed by atoms with Crippen molar-refractivity contribution in [1.82, 2.24) is 9.97 Å². The lowest BCUT2D eigenvalue weighted by atomic mass is 9.78. The lowest BCUT2D eigenvalue weighted by Crippen LogP contribution is -2.13. The molecule has 0 spiro atoms. The average molecular weight is 377 g/mol. The quantitative estimate of drug-likeness (QED) is 0.539. The van der Waals surface area contributed by atoms with Gasteiger partial charge in [-0.25, -0.2) is 9.97 Å². The van der Waals surface area contributed by atoms with E-state index in [1.54, 1.807) is 0 Å². The summed E-state index contributed by atoms with van der Waals surface area (Å²) in [5.41, 5.74) is 3.98. The Labute approximate surface area is 171 Å². The molecule has 2 nitrogen and oxygen atoms in total. The van der Waals surface area contributed by atoms with Crippen LogP contribution in [0.25, 0.3) is 11.4 Å². The van der Waals surface area contributed by atoms with Crippen LogP contribution in [0.15, 0.2) is 36.7 Å². The van der Waals surface area contributed by atoms with Crippen molar-refractivity contribution in [2.24, 2.45) is 11.8 Å². The molecule has 2 aromatic rings. The van der Waals surface area contributed by atoms with Crippen molar-refractivity contribution in [2.45, 2.75) is 89.9 Å². The molecule has 0 N–H and O–H groups in total. The molecule has 2 fully saturated rings. The second-order valence-electron chi connectivity index (χ2n) is 9.21. The Morgan fingerprint density at radius 2 is 1.11 bits per heavy atom. The van der Waals surface area contributed by atoms with E-state index < -0.39 is 0 Å². The number of hydrogen-bond donors (Lipinski definition) is 0. The van der Waals surface area contributed by atoms with Gasteiger partial charge in [0, 0.05) is 18.0 Å². The standard InChI is InChI=1S/C26H36N2/c1-3-19-5-9-21(10-6-19)22-13-15-24(16-14-22)26-27-17-25(18-28-26)23-11-7-20(4-2)8-12-23/h13-21,23H,3-12H2,1-2H3/t19-,20-,21-,23-. The van der Waals surface area contributed by atoms with Crippen LogP contribution in [0.3, 0.4) is 0 Å². The van der Waals surface area contributed by atoms with Crippen LogP contribution in [0.4, 0.5) is 0 Å². The summed E-state index contributed by atoms with van der Waals surface area (Å²) >= 11 is 0. The predicted octanol–water partition coefficient (Wildman–Crippen LogP) is 7.51. The van der Waals surface area contributed by atoms with E-state index in [0.29, 0.717) is 5.92 Å². The van der Waals surface area contributed by atoms with Crippen molar-refractivity contribution in [3.8, 4) is 11.4 Å². The van der Waals surface area contributed by atoms with Gasteiger partial charge in [-0.1, -0.05) is 51.0 Å². The maximum Gasteiger partial charge on any atom is 0.159 e. The van der Waals surface area contributed by atoms with E-state index in [4.69, 9.17) is 9.97 Å². The number of nitrogens with zero attached hydrogens (tertiary/aromatic N) is 2. The summed E-state index contributed by atoms with van der Waals surface area (Å²) in [5, 5.41) is 0. The van der Waals surface area contributed by atoms with Crippen molar-refractivity contribution < 1.29 is 0 Å². The molecule has 2 aliphatic rings. The molecular formula is C26H36N2. The molecule has 2 saturated carbocycles. The van der Waals surface area contributed by atoms with Crippen molar-refractivity contribution >= 4 is 0 Å². The highest BCUT2D eigenvalue weighted by Crippen LogP contribution is 2.38. The van der Waals surface area contributed by atoms with E-state index in [0.717, 1.165) is 29.1 Å². The zero-order chi connectivity index (χ0) is 19.3. The van der Waals surface area contributed by atoms with Gasteiger partial charge in [0.15, 0.2) is 5.82 Å². The maximum atomic E-state index is 4.72. The Hall–Kier alpha value is -1.70. The second kappa shape index (κ2) is 9.20. The largest absolute Gasteiger partial charge is 0.236 e. The third-order valence-corrected chi connectivity index (χ3v) is 7.63. The second-order valence-corrected chi connectivity index (χ2v) is 9.21. The lowest BCUT2D eigenvalue weighted by molar-refractivity contribution is 0.318. The third kappa shape index (κ3) is 4.47. The SMILES string of the molecule is CC[C@H]1CC[C@H](c2ccc(-c3ncc([C@H]4CC[C@H](CC)CC4)cn3)cc2)CC1. The Morgan fingerprint density at radius 1 is 0.643 bits per heavy atom. The molecule has 1 aromatic carbocycles. The van der Waals surface area contributed by atoms with Crippen LogP contribution >= 0.6 is 0 Å². The fraction of sp³-hybridized carbons (Fsp3) is 0.615. The first-order valence-electron chi connectivity index (χ1n) is 11.7. The van der Waals surface area contributed by atoms with Gasteiger partial charge >= 0.3 is 0 Å². The van der Waals surface area contributed by atoms with Gasteiger partial charge in [-0.05, 0) is 86.2 Å². The summed E-state index contributed by atoms with van der Waals surface area (Å²) in [6.07, 6.45) is 17.7. The molecule has 1 aromatic heterocycles. The number of aromatic nitrogens is 2. The zero-order valence-corrected chi connectivity index (χ0v) is 17.7. The summed E-state index contributed by atoms with van der Waals surface area (Å²) in [7, 11) is 0. The van der Waals surface area contributed by atoms with Crippen molar-refractivity contribution in [2.75, 3.05) is 0 Å². The molecule has 2 heteroatoms. The third-order valence-electron chi connectivity index (χ3n) is 7.63. The highest BCUT2D eigenvalue weighted by Gasteiger charge is 2.23. The van der Waals surface area contributed by atoms with Crippen LogP contribution in [0.5, 0.6) is 0 Å². The van der Waals surface area contributed by atoms with Crippen molar-refractivity contribution in [3.05, 3.63) is 47.8 Å². The lowest BCUT2D eigenvalue weighted by Gasteiger charge is -2.28. The van der Waals surface area contributed by atoms with Crippen LogP contribution in [0.1, 0.15) is 101 Å².